The topological polar surface area (TPSA) is 100 Å². The van der Waals surface area contributed by atoms with Crippen LogP contribution in [0.15, 0.2) is 66.9 Å². The van der Waals surface area contributed by atoms with Crippen molar-refractivity contribution < 1.29 is 9.47 Å². The van der Waals surface area contributed by atoms with Gasteiger partial charge in [-0.15, -0.1) is 0 Å². The molecular weight excluding hydrogens is 526 g/mol. The first-order chi connectivity index (χ1) is 20.5. The number of nitrogens with one attached hydrogen (secondary N) is 3. The fraction of sp³-hybridized carbons (Fsp3) is 0.303. The number of imidazole rings is 1. The number of piperidine rings is 1. The van der Waals surface area contributed by atoms with Gasteiger partial charge in [-0.1, -0.05) is 30.3 Å². The standard InChI is InChI=1S/C33H37N7O2/c1-21-8-7-9-22(2)30(21)38-32-25(31-36-26-10-5-6-11-27(26)37-31)19-34-33(39-32)35-24-12-13-28(29(18-24)41-4)42-20-23-14-16-40(3)17-15-23/h5-13,18-19,23H,14-17,20H2,1-4H3,(H,36,37)(H2,34,35,38,39). The van der Waals surface area contributed by atoms with Crippen molar-refractivity contribution in [1.29, 1.82) is 0 Å². The molecule has 0 bridgehead atoms. The molecule has 3 N–H and O–H groups in total. The summed E-state index contributed by atoms with van der Waals surface area (Å²) in [7, 11) is 3.83. The van der Waals surface area contributed by atoms with E-state index in [-0.39, 0.29) is 0 Å². The van der Waals surface area contributed by atoms with Gasteiger partial charge in [0.25, 0.3) is 0 Å². The molecule has 3 heterocycles. The van der Waals surface area contributed by atoms with E-state index < -0.39 is 0 Å². The fourth-order valence-electron chi connectivity index (χ4n) is 5.35. The number of para-hydroxylation sites is 3. The number of aromatic nitrogens is 4. The van der Waals surface area contributed by atoms with Gasteiger partial charge in [-0.25, -0.2) is 9.97 Å². The number of benzene rings is 3. The molecule has 1 aliphatic heterocycles. The highest BCUT2D eigenvalue weighted by molar-refractivity contribution is 5.84. The van der Waals surface area contributed by atoms with Gasteiger partial charge < -0.3 is 30.0 Å². The Morgan fingerprint density at radius 2 is 1.71 bits per heavy atom. The molecule has 0 aliphatic carbocycles. The van der Waals surface area contributed by atoms with Crippen LogP contribution in [0.3, 0.4) is 0 Å². The predicted octanol–water partition coefficient (Wildman–Crippen LogP) is 6.85. The molecule has 0 spiro atoms. The van der Waals surface area contributed by atoms with E-state index in [9.17, 15) is 0 Å². The average Bonchev–Trinajstić information content (AvgIpc) is 3.43. The molecule has 216 valence electrons. The van der Waals surface area contributed by atoms with Gasteiger partial charge in [0.1, 0.15) is 11.6 Å². The van der Waals surface area contributed by atoms with Crippen LogP contribution in [0.1, 0.15) is 24.0 Å². The molecule has 0 radical (unpaired) electrons. The van der Waals surface area contributed by atoms with Crippen molar-refractivity contribution in [3.8, 4) is 22.9 Å². The van der Waals surface area contributed by atoms with E-state index in [4.69, 9.17) is 19.4 Å². The Bertz CT molecular complexity index is 1640. The molecule has 9 nitrogen and oxygen atoms in total. The van der Waals surface area contributed by atoms with Crippen molar-refractivity contribution in [2.75, 3.05) is 44.5 Å². The zero-order valence-corrected chi connectivity index (χ0v) is 24.6. The summed E-state index contributed by atoms with van der Waals surface area (Å²) in [5.74, 6) is 3.76. The molecule has 1 fully saturated rings. The van der Waals surface area contributed by atoms with Crippen LogP contribution in [-0.2, 0) is 0 Å². The third kappa shape index (κ3) is 6.01. The Hall–Kier alpha value is -4.63. The van der Waals surface area contributed by atoms with Crippen molar-refractivity contribution in [3.63, 3.8) is 0 Å². The molecule has 2 aromatic heterocycles. The predicted molar refractivity (Wildman–Crippen MR) is 168 cm³/mol. The second-order valence-electron chi connectivity index (χ2n) is 11.0. The second kappa shape index (κ2) is 12.1. The molecule has 3 aromatic carbocycles. The van der Waals surface area contributed by atoms with Gasteiger partial charge in [-0.2, -0.15) is 4.98 Å². The first-order valence-corrected chi connectivity index (χ1v) is 14.4. The van der Waals surface area contributed by atoms with Crippen LogP contribution in [-0.4, -0.2) is 58.7 Å². The highest BCUT2D eigenvalue weighted by Gasteiger charge is 2.19. The molecule has 0 unspecified atom stereocenters. The van der Waals surface area contributed by atoms with Crippen molar-refractivity contribution >= 4 is 34.2 Å². The van der Waals surface area contributed by atoms with Crippen LogP contribution in [0, 0.1) is 19.8 Å². The molecule has 0 amide bonds. The number of ether oxygens (including phenoxy) is 2. The summed E-state index contributed by atoms with van der Waals surface area (Å²) in [6.45, 7) is 7.09. The smallest absolute Gasteiger partial charge is 0.229 e. The maximum Gasteiger partial charge on any atom is 0.229 e. The minimum atomic E-state index is 0.450. The number of hydrogen-bond acceptors (Lipinski definition) is 8. The van der Waals surface area contributed by atoms with Gasteiger partial charge in [-0.05, 0) is 88.1 Å². The largest absolute Gasteiger partial charge is 0.493 e. The van der Waals surface area contributed by atoms with Crippen molar-refractivity contribution in [3.05, 3.63) is 78.0 Å². The number of rotatable bonds is 9. The molecule has 5 aromatic rings. The minimum absolute atomic E-state index is 0.450. The summed E-state index contributed by atoms with van der Waals surface area (Å²) in [5.41, 5.74) is 6.67. The summed E-state index contributed by atoms with van der Waals surface area (Å²) in [4.78, 5) is 20.1. The molecule has 42 heavy (non-hydrogen) atoms. The first kappa shape index (κ1) is 27.5. The maximum absolute atomic E-state index is 6.18. The lowest BCUT2D eigenvalue weighted by Crippen LogP contribution is -2.32. The summed E-state index contributed by atoms with van der Waals surface area (Å²) >= 11 is 0. The van der Waals surface area contributed by atoms with E-state index in [1.165, 1.54) is 0 Å². The second-order valence-corrected chi connectivity index (χ2v) is 11.0. The number of anilines is 4. The lowest BCUT2D eigenvalue weighted by Gasteiger charge is -2.28. The Labute approximate surface area is 246 Å². The zero-order chi connectivity index (χ0) is 29.1. The monoisotopic (exact) mass is 563 g/mol. The first-order valence-electron chi connectivity index (χ1n) is 14.4. The van der Waals surface area contributed by atoms with Crippen LogP contribution >= 0.6 is 0 Å². The van der Waals surface area contributed by atoms with E-state index >= 15 is 0 Å². The molecule has 1 aliphatic rings. The SMILES string of the molecule is COc1cc(Nc2ncc(-c3nc4ccccc4[nH]3)c(Nc3c(C)cccc3C)n2)ccc1OCC1CCN(C)CC1. The zero-order valence-electron chi connectivity index (χ0n) is 24.6. The van der Waals surface area contributed by atoms with E-state index in [1.807, 2.05) is 42.5 Å². The molecule has 6 rings (SSSR count). The number of hydrogen-bond donors (Lipinski definition) is 3. The molecule has 9 heteroatoms. The summed E-state index contributed by atoms with van der Waals surface area (Å²) in [6.07, 6.45) is 4.09. The number of fused-ring (bicyclic) bond motifs is 1. The van der Waals surface area contributed by atoms with Gasteiger partial charge in [0, 0.05) is 23.6 Å². The van der Waals surface area contributed by atoms with Crippen LogP contribution in [0.2, 0.25) is 0 Å². The van der Waals surface area contributed by atoms with Crippen molar-refractivity contribution in [2.24, 2.45) is 5.92 Å². The fourth-order valence-corrected chi connectivity index (χ4v) is 5.35. The molecule has 1 saturated heterocycles. The van der Waals surface area contributed by atoms with E-state index in [0.29, 0.717) is 35.9 Å². The Morgan fingerprint density at radius 3 is 2.48 bits per heavy atom. The number of methoxy groups -OCH3 is 1. The maximum atomic E-state index is 6.18. The number of nitrogens with zero attached hydrogens (tertiary/aromatic N) is 4. The van der Waals surface area contributed by atoms with Gasteiger partial charge in [0.2, 0.25) is 5.95 Å². The Balaban J connectivity index is 1.27. The Kier molecular flexibility index (Phi) is 7.92. The van der Waals surface area contributed by atoms with Crippen molar-refractivity contribution in [1.82, 2.24) is 24.8 Å². The van der Waals surface area contributed by atoms with Crippen LogP contribution in [0.4, 0.5) is 23.1 Å². The lowest BCUT2D eigenvalue weighted by molar-refractivity contribution is 0.157. The van der Waals surface area contributed by atoms with Gasteiger partial charge in [0.05, 0.1) is 30.3 Å². The lowest BCUT2D eigenvalue weighted by atomic mass is 9.98. The number of aromatic amines is 1. The third-order valence-electron chi connectivity index (χ3n) is 7.89. The van der Waals surface area contributed by atoms with E-state index in [0.717, 1.165) is 70.8 Å². The molecule has 0 atom stereocenters. The average molecular weight is 564 g/mol. The minimum Gasteiger partial charge on any atom is -0.493 e. The van der Waals surface area contributed by atoms with Crippen LogP contribution in [0.25, 0.3) is 22.4 Å². The molecule has 0 saturated carbocycles. The van der Waals surface area contributed by atoms with Crippen LogP contribution < -0.4 is 20.1 Å². The van der Waals surface area contributed by atoms with Gasteiger partial charge in [-0.3, -0.25) is 0 Å². The number of aryl methyl sites for hydroxylation is 2. The van der Waals surface area contributed by atoms with E-state index in [1.54, 1.807) is 13.3 Å². The summed E-state index contributed by atoms with van der Waals surface area (Å²) < 4.78 is 11.9. The molecular formula is C33H37N7O2. The summed E-state index contributed by atoms with van der Waals surface area (Å²) in [5, 5.41) is 6.90. The van der Waals surface area contributed by atoms with E-state index in [2.05, 4.69) is 64.6 Å². The number of likely N-dealkylation sites (tertiary alicyclic amines) is 1. The third-order valence-corrected chi connectivity index (χ3v) is 7.89. The highest BCUT2D eigenvalue weighted by atomic mass is 16.5. The summed E-state index contributed by atoms with van der Waals surface area (Å²) in [6, 6.07) is 20.0. The van der Waals surface area contributed by atoms with Crippen LogP contribution in [0.5, 0.6) is 11.5 Å². The normalized spacial score (nSPS) is 14.2. The van der Waals surface area contributed by atoms with Crippen molar-refractivity contribution in [2.45, 2.75) is 26.7 Å². The van der Waals surface area contributed by atoms with Gasteiger partial charge in [0.15, 0.2) is 11.5 Å². The highest BCUT2D eigenvalue weighted by Crippen LogP contribution is 2.34. The van der Waals surface area contributed by atoms with Gasteiger partial charge >= 0.3 is 0 Å². The number of H-pyrrole nitrogens is 1. The quantitative estimate of drug-likeness (QED) is 0.179. The Morgan fingerprint density at radius 1 is 0.929 bits per heavy atom.